The van der Waals surface area contributed by atoms with Gasteiger partial charge in [-0.15, -0.1) is 0 Å². The molecular weight excluding hydrogens is 394 g/mol. The van der Waals surface area contributed by atoms with Crippen LogP contribution >= 0.6 is 11.6 Å². The molecule has 146 valence electrons. The average molecular weight is 414 g/mol. The van der Waals surface area contributed by atoms with E-state index >= 15 is 0 Å². The van der Waals surface area contributed by atoms with Crippen LogP contribution in [0.2, 0.25) is 5.02 Å². The van der Waals surface area contributed by atoms with Gasteiger partial charge in [0, 0.05) is 12.1 Å². The van der Waals surface area contributed by atoms with E-state index in [0.29, 0.717) is 17.9 Å². The minimum Gasteiger partial charge on any atom is -0.455 e. The normalized spacial score (nSPS) is 15.9. The molecule has 1 fully saturated rings. The van der Waals surface area contributed by atoms with E-state index in [9.17, 15) is 23.3 Å². The lowest BCUT2D eigenvalue weighted by atomic mass is 10.00. The van der Waals surface area contributed by atoms with Crippen LogP contribution in [0.3, 0.4) is 0 Å². The molecule has 0 heterocycles. The van der Waals surface area contributed by atoms with Gasteiger partial charge in [0.15, 0.2) is 6.61 Å². The van der Waals surface area contributed by atoms with Gasteiger partial charge in [-0.25, -0.2) is 8.42 Å². The van der Waals surface area contributed by atoms with E-state index in [1.54, 1.807) is 0 Å². The summed E-state index contributed by atoms with van der Waals surface area (Å²) in [6.07, 6.45) is 2.82. The summed E-state index contributed by atoms with van der Waals surface area (Å²) in [7, 11) is -2.66. The number of sulfonamides is 1. The van der Waals surface area contributed by atoms with Crippen molar-refractivity contribution in [2.24, 2.45) is 0 Å². The largest absolute Gasteiger partial charge is 0.455 e. The second-order valence-electron chi connectivity index (χ2n) is 6.32. The van der Waals surface area contributed by atoms with Gasteiger partial charge in [0.1, 0.15) is 12.1 Å². The van der Waals surface area contributed by atoms with Crippen LogP contribution in [0.5, 0.6) is 0 Å². The van der Waals surface area contributed by atoms with Gasteiger partial charge < -0.3 is 10.1 Å². The number of carbonyl (C=O) groups excluding carboxylic acids is 2. The van der Waals surface area contributed by atoms with Crippen molar-refractivity contribution in [2.45, 2.75) is 36.1 Å². The zero-order valence-electron chi connectivity index (χ0n) is 14.8. The number of carbonyl (C=O) groups is 2. The SMILES string of the molecule is CN(CC(=O)OCC(=O)NC1(C#N)CCCC1)S(=O)(=O)c1ccc(Cl)cc1. The van der Waals surface area contributed by atoms with Crippen molar-refractivity contribution in [2.75, 3.05) is 20.2 Å². The molecule has 1 aliphatic carbocycles. The van der Waals surface area contributed by atoms with E-state index < -0.39 is 40.6 Å². The summed E-state index contributed by atoms with van der Waals surface area (Å²) < 4.78 is 30.4. The van der Waals surface area contributed by atoms with Crippen LogP contribution < -0.4 is 5.32 Å². The number of ether oxygens (including phenoxy) is 1. The highest BCUT2D eigenvalue weighted by molar-refractivity contribution is 7.89. The lowest BCUT2D eigenvalue weighted by Crippen LogP contribution is -2.47. The Kier molecular flexibility index (Phi) is 6.81. The minimum absolute atomic E-state index is 0.0165. The number of benzene rings is 1. The van der Waals surface area contributed by atoms with Crippen LogP contribution in [0.25, 0.3) is 0 Å². The summed E-state index contributed by atoms with van der Waals surface area (Å²) in [6, 6.07) is 7.62. The summed E-state index contributed by atoms with van der Waals surface area (Å²) in [5.41, 5.74) is -0.905. The van der Waals surface area contributed by atoms with Crippen molar-refractivity contribution in [3.05, 3.63) is 29.3 Å². The van der Waals surface area contributed by atoms with E-state index in [-0.39, 0.29) is 4.90 Å². The first kappa shape index (κ1) is 21.2. The minimum atomic E-state index is -3.89. The topological polar surface area (TPSA) is 117 Å². The highest BCUT2D eigenvalue weighted by atomic mass is 35.5. The third-order valence-electron chi connectivity index (χ3n) is 4.29. The van der Waals surface area contributed by atoms with E-state index in [4.69, 9.17) is 16.3 Å². The molecule has 1 aromatic carbocycles. The summed E-state index contributed by atoms with van der Waals surface area (Å²) in [5.74, 6) is -1.46. The number of amides is 1. The maximum absolute atomic E-state index is 12.4. The van der Waals surface area contributed by atoms with Gasteiger partial charge in [-0.3, -0.25) is 9.59 Å². The van der Waals surface area contributed by atoms with Crippen LogP contribution in [0.1, 0.15) is 25.7 Å². The van der Waals surface area contributed by atoms with Crippen molar-refractivity contribution >= 4 is 33.5 Å². The van der Waals surface area contributed by atoms with Crippen LogP contribution in [0.15, 0.2) is 29.2 Å². The predicted octanol–water partition coefficient (Wildman–Crippen LogP) is 1.46. The number of nitriles is 1. The van der Waals surface area contributed by atoms with Crippen molar-refractivity contribution in [3.8, 4) is 6.07 Å². The Labute approximate surface area is 163 Å². The van der Waals surface area contributed by atoms with Crippen LogP contribution in [-0.2, 0) is 24.3 Å². The Morgan fingerprint density at radius 1 is 1.30 bits per heavy atom. The molecule has 1 amide bonds. The number of esters is 1. The maximum Gasteiger partial charge on any atom is 0.321 e. The molecule has 10 heteroatoms. The van der Waals surface area contributed by atoms with Crippen LogP contribution in [-0.4, -0.2) is 50.3 Å². The number of likely N-dealkylation sites (N-methyl/N-ethyl adjacent to an activating group) is 1. The first-order chi connectivity index (χ1) is 12.7. The highest BCUT2D eigenvalue weighted by Crippen LogP contribution is 2.28. The number of halogens is 1. The Balaban J connectivity index is 1.86. The van der Waals surface area contributed by atoms with Crippen molar-refractivity contribution in [1.29, 1.82) is 5.26 Å². The summed E-state index contributed by atoms with van der Waals surface area (Å²) in [5, 5.41) is 12.2. The van der Waals surface area contributed by atoms with E-state index in [2.05, 4.69) is 11.4 Å². The third kappa shape index (κ3) is 5.42. The molecule has 1 saturated carbocycles. The number of nitrogens with one attached hydrogen (secondary N) is 1. The number of hydrogen-bond acceptors (Lipinski definition) is 6. The van der Waals surface area contributed by atoms with Gasteiger partial charge in [-0.1, -0.05) is 11.6 Å². The van der Waals surface area contributed by atoms with Gasteiger partial charge in [0.25, 0.3) is 5.91 Å². The number of nitrogens with zero attached hydrogens (tertiary/aromatic N) is 2. The smallest absolute Gasteiger partial charge is 0.321 e. The van der Waals surface area contributed by atoms with Gasteiger partial charge in [-0.2, -0.15) is 9.57 Å². The lowest BCUT2D eigenvalue weighted by Gasteiger charge is -2.22. The molecule has 0 atom stereocenters. The molecule has 27 heavy (non-hydrogen) atoms. The number of rotatable bonds is 7. The molecule has 0 unspecified atom stereocenters. The van der Waals surface area contributed by atoms with E-state index in [0.717, 1.165) is 17.1 Å². The first-order valence-corrected chi connectivity index (χ1v) is 10.1. The van der Waals surface area contributed by atoms with Crippen LogP contribution in [0.4, 0.5) is 0 Å². The zero-order valence-corrected chi connectivity index (χ0v) is 16.3. The Morgan fingerprint density at radius 3 is 2.44 bits per heavy atom. The fourth-order valence-corrected chi connectivity index (χ4v) is 4.03. The summed E-state index contributed by atoms with van der Waals surface area (Å²) in [6.45, 7) is -1.13. The van der Waals surface area contributed by atoms with Crippen molar-refractivity contribution in [1.82, 2.24) is 9.62 Å². The Bertz CT molecular complexity index is 842. The van der Waals surface area contributed by atoms with Crippen LogP contribution in [0, 0.1) is 11.3 Å². The average Bonchev–Trinajstić information content (AvgIpc) is 3.09. The second-order valence-corrected chi connectivity index (χ2v) is 8.81. The quantitative estimate of drug-likeness (QED) is 0.676. The molecule has 0 bridgehead atoms. The zero-order chi connectivity index (χ0) is 20.1. The fraction of sp³-hybridized carbons (Fsp3) is 0.471. The number of hydrogen-bond donors (Lipinski definition) is 1. The van der Waals surface area contributed by atoms with E-state index in [1.165, 1.54) is 31.3 Å². The third-order valence-corrected chi connectivity index (χ3v) is 6.36. The molecule has 1 aliphatic rings. The molecular formula is C17H20ClN3O5S. The molecule has 0 spiro atoms. The predicted molar refractivity (Wildman–Crippen MR) is 97.2 cm³/mol. The molecule has 1 N–H and O–H groups in total. The molecule has 0 saturated heterocycles. The molecule has 1 aromatic rings. The second kappa shape index (κ2) is 8.69. The molecule has 2 rings (SSSR count). The standard InChI is InChI=1S/C17H20ClN3O5S/c1-21(27(24,25)14-6-4-13(18)5-7-14)10-16(23)26-11-15(22)20-17(12-19)8-2-3-9-17/h4-7H,2-3,8-11H2,1H3,(H,20,22). The first-order valence-electron chi connectivity index (χ1n) is 8.28. The van der Waals surface area contributed by atoms with Crippen molar-refractivity contribution in [3.63, 3.8) is 0 Å². The molecule has 0 aromatic heterocycles. The Hall–Kier alpha value is -2.15. The van der Waals surface area contributed by atoms with Gasteiger partial charge in [-0.05, 0) is 49.9 Å². The monoisotopic (exact) mass is 413 g/mol. The maximum atomic E-state index is 12.4. The summed E-state index contributed by atoms with van der Waals surface area (Å²) >= 11 is 5.74. The highest BCUT2D eigenvalue weighted by Gasteiger charge is 2.35. The summed E-state index contributed by atoms with van der Waals surface area (Å²) in [4.78, 5) is 23.8. The Morgan fingerprint density at radius 2 is 1.89 bits per heavy atom. The van der Waals surface area contributed by atoms with Gasteiger partial charge >= 0.3 is 5.97 Å². The van der Waals surface area contributed by atoms with Gasteiger partial charge in [0.05, 0.1) is 11.0 Å². The molecule has 8 nitrogen and oxygen atoms in total. The molecule has 0 aliphatic heterocycles. The van der Waals surface area contributed by atoms with Gasteiger partial charge in [0.2, 0.25) is 10.0 Å². The fourth-order valence-electron chi connectivity index (χ4n) is 2.79. The molecule has 0 radical (unpaired) electrons. The van der Waals surface area contributed by atoms with Crippen molar-refractivity contribution < 1.29 is 22.7 Å². The van der Waals surface area contributed by atoms with E-state index in [1.807, 2.05) is 0 Å². The lowest BCUT2D eigenvalue weighted by molar-refractivity contribution is -0.148.